The number of primary amides is 1. The second-order valence-electron chi connectivity index (χ2n) is 3.75. The van der Waals surface area contributed by atoms with E-state index < -0.39 is 16.7 Å². The van der Waals surface area contributed by atoms with Crippen LogP contribution in [-0.2, 0) is 16.6 Å². The average molecular weight is 240 g/mol. The summed E-state index contributed by atoms with van der Waals surface area (Å²) in [5.41, 5.74) is 11.9. The zero-order valence-corrected chi connectivity index (χ0v) is 10.00. The fraction of sp³-hybridized carbons (Fsp3) is 0.364. The first-order valence-electron chi connectivity index (χ1n) is 4.99. The Bertz CT molecular complexity index is 405. The van der Waals surface area contributed by atoms with Crippen LogP contribution in [0.1, 0.15) is 22.8 Å². The molecule has 1 aromatic rings. The van der Waals surface area contributed by atoms with E-state index in [1.54, 1.807) is 31.2 Å². The predicted octanol–water partition coefficient (Wildman–Crippen LogP) is 0.381. The van der Waals surface area contributed by atoms with Gasteiger partial charge in [0.05, 0.1) is 0 Å². The third-order valence-corrected chi connectivity index (χ3v) is 3.58. The molecule has 16 heavy (non-hydrogen) atoms. The molecule has 4 N–H and O–H groups in total. The van der Waals surface area contributed by atoms with Crippen LogP contribution >= 0.6 is 0 Å². The predicted molar refractivity (Wildman–Crippen MR) is 65.3 cm³/mol. The van der Waals surface area contributed by atoms with Crippen molar-refractivity contribution in [2.45, 2.75) is 18.7 Å². The van der Waals surface area contributed by atoms with Gasteiger partial charge in [-0.05, 0) is 18.6 Å². The van der Waals surface area contributed by atoms with Crippen molar-refractivity contribution in [3.05, 3.63) is 35.4 Å². The van der Waals surface area contributed by atoms with Crippen molar-refractivity contribution in [1.29, 1.82) is 0 Å². The van der Waals surface area contributed by atoms with Gasteiger partial charge in [0.15, 0.2) is 0 Å². The standard InChI is InChI=1S/C11H16N2O2S/c1-8(12)6-16(15)7-9-4-2-3-5-10(9)11(13)14/h2-5,8H,6-7,12H2,1H3,(H2,13,14). The van der Waals surface area contributed by atoms with E-state index in [9.17, 15) is 9.00 Å². The number of benzene rings is 1. The van der Waals surface area contributed by atoms with E-state index in [0.717, 1.165) is 0 Å². The number of nitrogens with two attached hydrogens (primary N) is 2. The van der Waals surface area contributed by atoms with E-state index in [0.29, 0.717) is 22.6 Å². The molecule has 0 aliphatic carbocycles. The number of carbonyl (C=O) groups is 1. The van der Waals surface area contributed by atoms with E-state index in [4.69, 9.17) is 11.5 Å². The fourth-order valence-electron chi connectivity index (χ4n) is 1.41. The Hall–Kier alpha value is -1.20. The van der Waals surface area contributed by atoms with Crippen LogP contribution in [0.4, 0.5) is 0 Å². The minimum atomic E-state index is -1.06. The van der Waals surface area contributed by atoms with Crippen LogP contribution in [0.2, 0.25) is 0 Å². The van der Waals surface area contributed by atoms with Crippen LogP contribution in [-0.4, -0.2) is 21.9 Å². The van der Waals surface area contributed by atoms with Gasteiger partial charge in [0.25, 0.3) is 0 Å². The van der Waals surface area contributed by atoms with Crippen molar-refractivity contribution >= 4 is 16.7 Å². The average Bonchev–Trinajstić information content (AvgIpc) is 2.16. The van der Waals surface area contributed by atoms with Crippen molar-refractivity contribution < 1.29 is 9.00 Å². The lowest BCUT2D eigenvalue weighted by molar-refractivity contribution is 0.0999. The summed E-state index contributed by atoms with van der Waals surface area (Å²) in [7, 11) is -1.06. The third kappa shape index (κ3) is 3.75. The topological polar surface area (TPSA) is 86.2 Å². The lowest BCUT2D eigenvalue weighted by Crippen LogP contribution is -2.24. The molecule has 0 saturated heterocycles. The molecule has 0 fully saturated rings. The van der Waals surface area contributed by atoms with Gasteiger partial charge in [-0.2, -0.15) is 0 Å². The Morgan fingerprint density at radius 3 is 2.62 bits per heavy atom. The Morgan fingerprint density at radius 2 is 2.06 bits per heavy atom. The van der Waals surface area contributed by atoms with Crippen molar-refractivity contribution in [2.24, 2.45) is 11.5 Å². The highest BCUT2D eigenvalue weighted by molar-refractivity contribution is 7.84. The molecule has 1 aromatic carbocycles. The molecule has 88 valence electrons. The lowest BCUT2D eigenvalue weighted by atomic mass is 10.1. The van der Waals surface area contributed by atoms with E-state index in [1.165, 1.54) is 0 Å². The first-order valence-corrected chi connectivity index (χ1v) is 6.47. The first kappa shape index (κ1) is 12.9. The van der Waals surface area contributed by atoms with Crippen LogP contribution in [0.3, 0.4) is 0 Å². The molecule has 0 saturated carbocycles. The quantitative estimate of drug-likeness (QED) is 0.780. The minimum Gasteiger partial charge on any atom is -0.366 e. The summed E-state index contributed by atoms with van der Waals surface area (Å²) >= 11 is 0. The third-order valence-electron chi connectivity index (χ3n) is 2.05. The largest absolute Gasteiger partial charge is 0.366 e. The van der Waals surface area contributed by atoms with E-state index in [1.807, 2.05) is 0 Å². The van der Waals surface area contributed by atoms with Gasteiger partial charge < -0.3 is 11.5 Å². The molecule has 5 heteroatoms. The molecule has 0 aromatic heterocycles. The minimum absolute atomic E-state index is 0.110. The number of carbonyl (C=O) groups excluding carboxylic acids is 1. The van der Waals surface area contributed by atoms with Crippen LogP contribution in [0.5, 0.6) is 0 Å². The molecule has 0 heterocycles. The zero-order chi connectivity index (χ0) is 12.1. The number of amides is 1. The first-order chi connectivity index (χ1) is 7.50. The van der Waals surface area contributed by atoms with Gasteiger partial charge in [0.1, 0.15) is 0 Å². The monoisotopic (exact) mass is 240 g/mol. The number of rotatable bonds is 5. The molecule has 1 amide bonds. The van der Waals surface area contributed by atoms with E-state index in [-0.39, 0.29) is 6.04 Å². The maximum Gasteiger partial charge on any atom is 0.249 e. The molecule has 0 aliphatic heterocycles. The van der Waals surface area contributed by atoms with Crippen molar-refractivity contribution in [2.75, 3.05) is 5.75 Å². The van der Waals surface area contributed by atoms with Gasteiger partial charge in [-0.3, -0.25) is 9.00 Å². The molecule has 0 aliphatic rings. The summed E-state index contributed by atoms with van der Waals surface area (Å²) in [5, 5.41) is 0. The SMILES string of the molecule is CC(N)CS(=O)Cc1ccccc1C(N)=O. The summed E-state index contributed by atoms with van der Waals surface area (Å²) in [6, 6.07) is 6.82. The summed E-state index contributed by atoms with van der Waals surface area (Å²) in [4.78, 5) is 11.1. The van der Waals surface area contributed by atoms with Crippen molar-refractivity contribution in [3.63, 3.8) is 0 Å². The van der Waals surface area contributed by atoms with Gasteiger partial charge in [-0.25, -0.2) is 0 Å². The normalized spacial score (nSPS) is 14.4. The Balaban J connectivity index is 2.81. The highest BCUT2D eigenvalue weighted by Gasteiger charge is 2.11. The van der Waals surface area contributed by atoms with Gasteiger partial charge in [-0.1, -0.05) is 18.2 Å². The summed E-state index contributed by atoms with van der Waals surface area (Å²) in [6.07, 6.45) is 0. The molecule has 0 bridgehead atoms. The molecule has 1 rings (SSSR count). The van der Waals surface area contributed by atoms with Gasteiger partial charge in [0.2, 0.25) is 5.91 Å². The molecular formula is C11H16N2O2S. The second-order valence-corrected chi connectivity index (χ2v) is 5.25. The molecule has 0 radical (unpaired) electrons. The summed E-state index contributed by atoms with van der Waals surface area (Å²) in [6.45, 7) is 1.80. The Labute approximate surface area is 97.5 Å². The van der Waals surface area contributed by atoms with Crippen molar-refractivity contribution in [3.8, 4) is 0 Å². The molecule has 0 spiro atoms. The maximum atomic E-state index is 11.7. The lowest BCUT2D eigenvalue weighted by Gasteiger charge is -2.08. The second kappa shape index (κ2) is 5.77. The summed E-state index contributed by atoms with van der Waals surface area (Å²) < 4.78 is 11.7. The van der Waals surface area contributed by atoms with E-state index in [2.05, 4.69) is 0 Å². The van der Waals surface area contributed by atoms with Gasteiger partial charge >= 0.3 is 0 Å². The van der Waals surface area contributed by atoms with Crippen LogP contribution in [0, 0.1) is 0 Å². The maximum absolute atomic E-state index is 11.7. The number of hydrogen-bond donors (Lipinski definition) is 2. The Kier molecular flexibility index (Phi) is 4.64. The van der Waals surface area contributed by atoms with Crippen LogP contribution in [0.15, 0.2) is 24.3 Å². The van der Waals surface area contributed by atoms with Crippen molar-refractivity contribution in [1.82, 2.24) is 0 Å². The summed E-state index contributed by atoms with van der Waals surface area (Å²) in [5.74, 6) is 0.252. The van der Waals surface area contributed by atoms with Gasteiger partial charge in [0, 0.05) is 33.9 Å². The highest BCUT2D eigenvalue weighted by atomic mass is 32.2. The molecule has 2 unspecified atom stereocenters. The number of hydrogen-bond acceptors (Lipinski definition) is 3. The Morgan fingerprint density at radius 1 is 1.44 bits per heavy atom. The van der Waals surface area contributed by atoms with Gasteiger partial charge in [-0.15, -0.1) is 0 Å². The molecule has 2 atom stereocenters. The molecule has 4 nitrogen and oxygen atoms in total. The van der Waals surface area contributed by atoms with Crippen LogP contribution < -0.4 is 11.5 Å². The van der Waals surface area contributed by atoms with E-state index >= 15 is 0 Å². The van der Waals surface area contributed by atoms with Crippen LogP contribution in [0.25, 0.3) is 0 Å². The fourth-order valence-corrected chi connectivity index (χ4v) is 2.72. The zero-order valence-electron chi connectivity index (χ0n) is 9.18. The highest BCUT2D eigenvalue weighted by Crippen LogP contribution is 2.11. The smallest absolute Gasteiger partial charge is 0.249 e. The molecular weight excluding hydrogens is 224 g/mol.